The van der Waals surface area contributed by atoms with Crippen molar-refractivity contribution in [1.29, 1.82) is 0 Å². The molecule has 3 heteroatoms. The summed E-state index contributed by atoms with van der Waals surface area (Å²) in [6.07, 6.45) is 2.13. The van der Waals surface area contributed by atoms with Crippen molar-refractivity contribution in [2.24, 2.45) is 5.41 Å². The molecule has 1 aliphatic rings. The minimum Gasteiger partial charge on any atom is -0.345 e. The predicted molar refractivity (Wildman–Crippen MR) is 106 cm³/mol. The normalized spacial score (nSPS) is 23.7. The van der Waals surface area contributed by atoms with E-state index in [9.17, 15) is 0 Å². The zero-order valence-electron chi connectivity index (χ0n) is 16.2. The molecular formula is C23H31NO2. The quantitative estimate of drug-likeness (QED) is 0.752. The molecule has 0 bridgehead atoms. The fraction of sp³-hybridized carbons (Fsp3) is 0.478. The molecule has 1 heterocycles. The fourth-order valence-corrected chi connectivity index (χ4v) is 3.59. The lowest BCUT2D eigenvalue weighted by atomic mass is 9.79. The lowest BCUT2D eigenvalue weighted by Gasteiger charge is -2.49. The van der Waals surface area contributed by atoms with Crippen LogP contribution in [0.5, 0.6) is 0 Å². The molecule has 3 rings (SSSR count). The molecule has 0 unspecified atom stereocenters. The third-order valence-corrected chi connectivity index (χ3v) is 5.03. The topological polar surface area (TPSA) is 30.5 Å². The molecule has 3 nitrogen and oxygen atoms in total. The van der Waals surface area contributed by atoms with E-state index in [-0.39, 0.29) is 11.5 Å². The Labute approximate surface area is 157 Å². The van der Waals surface area contributed by atoms with Crippen molar-refractivity contribution in [3.8, 4) is 0 Å². The summed E-state index contributed by atoms with van der Waals surface area (Å²) in [5.74, 6) is -0.684. The average molecular weight is 354 g/mol. The minimum atomic E-state index is -0.684. The fourth-order valence-electron chi connectivity index (χ4n) is 3.59. The van der Waals surface area contributed by atoms with Crippen molar-refractivity contribution >= 4 is 0 Å². The molecule has 140 valence electrons. The lowest BCUT2D eigenvalue weighted by Crippen LogP contribution is -2.51. The minimum absolute atomic E-state index is 0.148. The van der Waals surface area contributed by atoms with Gasteiger partial charge in [-0.1, -0.05) is 81.4 Å². The Hall–Kier alpha value is -1.68. The molecule has 1 N–H and O–H groups in total. The number of rotatable bonds is 6. The molecule has 0 radical (unpaired) electrons. The van der Waals surface area contributed by atoms with Crippen LogP contribution in [-0.2, 0) is 21.8 Å². The second-order valence-corrected chi connectivity index (χ2v) is 8.06. The molecule has 0 aliphatic carbocycles. The first-order chi connectivity index (χ1) is 12.5. The summed E-state index contributed by atoms with van der Waals surface area (Å²) in [6.45, 7) is 9.14. The van der Waals surface area contributed by atoms with Gasteiger partial charge in [0.1, 0.15) is 0 Å². The SMILES string of the molecule is CC(C)(C)[C@@]1(c2ccccc2)OCC[C@@H](CCNCc2ccccc2)O1. The Morgan fingerprint density at radius 2 is 1.65 bits per heavy atom. The molecule has 26 heavy (non-hydrogen) atoms. The molecule has 0 aromatic heterocycles. The Bertz CT molecular complexity index is 666. The second kappa shape index (κ2) is 8.34. The van der Waals surface area contributed by atoms with Crippen molar-refractivity contribution in [1.82, 2.24) is 5.32 Å². The second-order valence-electron chi connectivity index (χ2n) is 8.06. The standard InChI is InChI=1S/C23H31NO2/c1-22(2,3)23(20-12-8-5-9-13-20)25-17-15-21(26-23)14-16-24-18-19-10-6-4-7-11-19/h4-13,21,24H,14-18H2,1-3H3/t21-,23+/m1/s1. The van der Waals surface area contributed by atoms with Crippen LogP contribution in [0.4, 0.5) is 0 Å². The first kappa shape index (κ1) is 19.1. The highest BCUT2D eigenvalue weighted by Crippen LogP contribution is 2.47. The number of nitrogens with one attached hydrogen (secondary N) is 1. The van der Waals surface area contributed by atoms with E-state index in [1.165, 1.54) is 5.56 Å². The maximum atomic E-state index is 6.61. The Morgan fingerprint density at radius 3 is 2.31 bits per heavy atom. The number of hydrogen-bond donors (Lipinski definition) is 1. The summed E-state index contributed by atoms with van der Waals surface area (Å²) in [5.41, 5.74) is 2.27. The van der Waals surface area contributed by atoms with Crippen LogP contribution in [0.3, 0.4) is 0 Å². The first-order valence-electron chi connectivity index (χ1n) is 9.63. The summed E-state index contributed by atoms with van der Waals surface area (Å²) < 4.78 is 12.9. The molecule has 2 aromatic carbocycles. The van der Waals surface area contributed by atoms with Gasteiger partial charge < -0.3 is 14.8 Å². The first-order valence-corrected chi connectivity index (χ1v) is 9.63. The highest BCUT2D eigenvalue weighted by Gasteiger charge is 2.49. The van der Waals surface area contributed by atoms with Gasteiger partial charge in [0.25, 0.3) is 0 Å². The smallest absolute Gasteiger partial charge is 0.200 e. The van der Waals surface area contributed by atoms with Crippen LogP contribution in [0.1, 0.15) is 44.7 Å². The van der Waals surface area contributed by atoms with Gasteiger partial charge in [0.15, 0.2) is 5.79 Å². The number of benzene rings is 2. The van der Waals surface area contributed by atoms with E-state index in [0.29, 0.717) is 0 Å². The number of hydrogen-bond acceptors (Lipinski definition) is 3. The van der Waals surface area contributed by atoms with Crippen LogP contribution in [0.25, 0.3) is 0 Å². The van der Waals surface area contributed by atoms with Crippen molar-refractivity contribution < 1.29 is 9.47 Å². The Kier molecular flexibility index (Phi) is 6.13. The van der Waals surface area contributed by atoms with Gasteiger partial charge in [-0.2, -0.15) is 0 Å². The Balaban J connectivity index is 1.61. The van der Waals surface area contributed by atoms with Gasteiger partial charge >= 0.3 is 0 Å². The average Bonchev–Trinajstić information content (AvgIpc) is 2.66. The molecule has 1 aliphatic heterocycles. The van der Waals surface area contributed by atoms with E-state index in [0.717, 1.165) is 38.1 Å². The van der Waals surface area contributed by atoms with Crippen LogP contribution < -0.4 is 5.32 Å². The molecule has 0 amide bonds. The van der Waals surface area contributed by atoms with Crippen molar-refractivity contribution in [3.05, 3.63) is 71.8 Å². The van der Waals surface area contributed by atoms with Gasteiger partial charge in [0.05, 0.1) is 12.7 Å². The zero-order valence-corrected chi connectivity index (χ0v) is 16.2. The van der Waals surface area contributed by atoms with Crippen LogP contribution in [-0.4, -0.2) is 19.3 Å². The third-order valence-electron chi connectivity index (χ3n) is 5.03. The van der Waals surface area contributed by atoms with Crippen LogP contribution in [0, 0.1) is 5.41 Å². The van der Waals surface area contributed by atoms with Crippen LogP contribution in [0.2, 0.25) is 0 Å². The molecule has 1 fully saturated rings. The van der Waals surface area contributed by atoms with Gasteiger partial charge in [-0.15, -0.1) is 0 Å². The van der Waals surface area contributed by atoms with Crippen molar-refractivity contribution in [3.63, 3.8) is 0 Å². The van der Waals surface area contributed by atoms with Crippen molar-refractivity contribution in [2.75, 3.05) is 13.2 Å². The Morgan fingerprint density at radius 1 is 1.00 bits per heavy atom. The predicted octanol–water partition coefficient (Wildman–Crippen LogP) is 4.87. The van der Waals surface area contributed by atoms with Gasteiger partial charge in [-0.3, -0.25) is 0 Å². The molecule has 0 saturated carbocycles. The zero-order chi connectivity index (χ0) is 18.5. The van der Waals surface area contributed by atoms with E-state index >= 15 is 0 Å². The number of ether oxygens (including phenoxy) is 2. The monoisotopic (exact) mass is 353 g/mol. The maximum Gasteiger partial charge on any atom is 0.200 e. The summed E-state index contributed by atoms with van der Waals surface area (Å²) in [5, 5.41) is 3.53. The van der Waals surface area contributed by atoms with Crippen LogP contribution >= 0.6 is 0 Å². The molecule has 1 saturated heterocycles. The molecule has 2 aromatic rings. The van der Waals surface area contributed by atoms with Crippen molar-refractivity contribution in [2.45, 2.75) is 52.0 Å². The highest BCUT2D eigenvalue weighted by atomic mass is 16.7. The van der Waals surface area contributed by atoms with E-state index in [4.69, 9.17) is 9.47 Å². The van der Waals surface area contributed by atoms with Gasteiger partial charge in [0, 0.05) is 17.5 Å². The molecule has 0 spiro atoms. The van der Waals surface area contributed by atoms with E-state index in [1.54, 1.807) is 0 Å². The molecular weight excluding hydrogens is 322 g/mol. The largest absolute Gasteiger partial charge is 0.345 e. The van der Waals surface area contributed by atoms with E-state index < -0.39 is 5.79 Å². The summed E-state index contributed by atoms with van der Waals surface area (Å²) in [7, 11) is 0. The third kappa shape index (κ3) is 4.35. The van der Waals surface area contributed by atoms with E-state index in [1.807, 2.05) is 6.07 Å². The van der Waals surface area contributed by atoms with Gasteiger partial charge in [0.2, 0.25) is 0 Å². The lowest BCUT2D eigenvalue weighted by molar-refractivity contribution is -0.347. The van der Waals surface area contributed by atoms with E-state index in [2.05, 4.69) is 80.7 Å². The van der Waals surface area contributed by atoms with Crippen LogP contribution in [0.15, 0.2) is 60.7 Å². The maximum absolute atomic E-state index is 6.61. The summed E-state index contributed by atoms with van der Waals surface area (Å²) in [6, 6.07) is 20.9. The summed E-state index contributed by atoms with van der Waals surface area (Å²) in [4.78, 5) is 0. The summed E-state index contributed by atoms with van der Waals surface area (Å²) >= 11 is 0. The van der Waals surface area contributed by atoms with Gasteiger partial charge in [-0.05, 0) is 24.9 Å². The highest BCUT2D eigenvalue weighted by molar-refractivity contribution is 5.23. The van der Waals surface area contributed by atoms with Gasteiger partial charge in [-0.25, -0.2) is 0 Å². The molecule has 2 atom stereocenters.